The normalized spacial score (nSPS) is 35.3. The Kier molecular flexibility index (Phi) is 3.67. The lowest BCUT2D eigenvalue weighted by molar-refractivity contribution is 0.132. The lowest BCUT2D eigenvalue weighted by Gasteiger charge is -2.28. The molecule has 0 aliphatic heterocycles. The van der Waals surface area contributed by atoms with E-state index in [2.05, 4.69) is 32.9 Å². The molecule has 1 saturated carbocycles. The standard InChI is InChI=1S/C13H24OSi/c1-4-15(5-2)14-10(3)13-9-11-6-7-12(13)8-11/h6-7,10-13,15H,4-5,8-9H2,1-3H3. The van der Waals surface area contributed by atoms with E-state index in [1.807, 2.05) is 0 Å². The Morgan fingerprint density at radius 1 is 1.27 bits per heavy atom. The third-order valence-electron chi connectivity index (χ3n) is 4.25. The smallest absolute Gasteiger partial charge is 0.176 e. The van der Waals surface area contributed by atoms with Crippen LogP contribution in [-0.4, -0.2) is 15.1 Å². The highest BCUT2D eigenvalue weighted by Crippen LogP contribution is 2.45. The molecular formula is C13H24OSi. The maximum Gasteiger partial charge on any atom is 0.176 e. The van der Waals surface area contributed by atoms with Gasteiger partial charge in [0.05, 0.1) is 0 Å². The molecular weight excluding hydrogens is 200 g/mol. The van der Waals surface area contributed by atoms with Gasteiger partial charge >= 0.3 is 0 Å². The van der Waals surface area contributed by atoms with Crippen molar-refractivity contribution in [1.29, 1.82) is 0 Å². The van der Waals surface area contributed by atoms with Crippen molar-refractivity contribution in [2.75, 3.05) is 0 Å². The van der Waals surface area contributed by atoms with Gasteiger partial charge in [-0.1, -0.05) is 26.0 Å². The van der Waals surface area contributed by atoms with Crippen molar-refractivity contribution < 1.29 is 4.43 Å². The number of fused-ring (bicyclic) bond motifs is 2. The van der Waals surface area contributed by atoms with Gasteiger partial charge in [-0.05, 0) is 49.6 Å². The molecule has 0 aromatic rings. The van der Waals surface area contributed by atoms with E-state index in [4.69, 9.17) is 4.43 Å². The number of hydrogen-bond acceptors (Lipinski definition) is 1. The molecule has 15 heavy (non-hydrogen) atoms. The summed E-state index contributed by atoms with van der Waals surface area (Å²) in [5, 5.41) is 0. The Balaban J connectivity index is 1.86. The van der Waals surface area contributed by atoms with Gasteiger partial charge in [-0.3, -0.25) is 0 Å². The maximum absolute atomic E-state index is 6.29. The summed E-state index contributed by atoms with van der Waals surface area (Å²) in [5.41, 5.74) is 0. The Morgan fingerprint density at radius 2 is 2.00 bits per heavy atom. The molecule has 2 bridgehead atoms. The first-order valence-electron chi connectivity index (χ1n) is 6.58. The topological polar surface area (TPSA) is 9.23 Å². The molecule has 1 fully saturated rings. The molecule has 0 aromatic heterocycles. The van der Waals surface area contributed by atoms with Gasteiger partial charge < -0.3 is 4.43 Å². The first-order chi connectivity index (χ1) is 7.24. The molecule has 0 heterocycles. The van der Waals surface area contributed by atoms with Crippen LogP contribution in [0.2, 0.25) is 12.1 Å². The molecule has 0 spiro atoms. The van der Waals surface area contributed by atoms with Gasteiger partial charge in [0.1, 0.15) is 0 Å². The second-order valence-corrected chi connectivity index (χ2v) is 8.37. The van der Waals surface area contributed by atoms with Crippen LogP contribution in [-0.2, 0) is 4.43 Å². The first kappa shape index (κ1) is 11.4. The van der Waals surface area contributed by atoms with Gasteiger partial charge in [-0.2, -0.15) is 0 Å². The highest BCUT2D eigenvalue weighted by molar-refractivity contribution is 6.51. The molecule has 1 nitrogen and oxygen atoms in total. The van der Waals surface area contributed by atoms with Crippen LogP contribution in [0.15, 0.2) is 12.2 Å². The van der Waals surface area contributed by atoms with Crippen molar-refractivity contribution in [2.45, 2.75) is 51.8 Å². The summed E-state index contributed by atoms with van der Waals surface area (Å²) in [5.74, 6) is 2.55. The summed E-state index contributed by atoms with van der Waals surface area (Å²) in [6.45, 7) is 6.88. The van der Waals surface area contributed by atoms with Crippen molar-refractivity contribution in [1.82, 2.24) is 0 Å². The third-order valence-corrected chi connectivity index (χ3v) is 6.89. The first-order valence-corrected chi connectivity index (χ1v) is 8.68. The number of allylic oxidation sites excluding steroid dienone is 2. The van der Waals surface area contributed by atoms with E-state index < -0.39 is 9.04 Å². The lowest BCUT2D eigenvalue weighted by Crippen LogP contribution is -2.30. The fraction of sp³-hybridized carbons (Fsp3) is 0.846. The van der Waals surface area contributed by atoms with Crippen LogP contribution in [0, 0.1) is 17.8 Å². The minimum atomic E-state index is -0.854. The van der Waals surface area contributed by atoms with Gasteiger partial charge in [-0.25, -0.2) is 0 Å². The third kappa shape index (κ3) is 2.36. The van der Waals surface area contributed by atoms with Crippen LogP contribution in [0.5, 0.6) is 0 Å². The van der Waals surface area contributed by atoms with Crippen molar-refractivity contribution in [3.05, 3.63) is 12.2 Å². The molecule has 0 saturated heterocycles. The average molecular weight is 224 g/mol. The number of hydrogen-bond donors (Lipinski definition) is 0. The average Bonchev–Trinajstić information content (AvgIpc) is 2.87. The van der Waals surface area contributed by atoms with Gasteiger partial charge in [-0.15, -0.1) is 0 Å². The van der Waals surface area contributed by atoms with Crippen molar-refractivity contribution >= 4 is 9.04 Å². The number of rotatable bonds is 5. The van der Waals surface area contributed by atoms with Gasteiger partial charge in [0.25, 0.3) is 0 Å². The predicted molar refractivity (Wildman–Crippen MR) is 67.5 cm³/mol. The molecule has 2 heteroatoms. The minimum absolute atomic E-state index is 0.515. The van der Waals surface area contributed by atoms with E-state index in [1.165, 1.54) is 24.9 Å². The van der Waals surface area contributed by atoms with Crippen LogP contribution < -0.4 is 0 Å². The van der Waals surface area contributed by atoms with Crippen molar-refractivity contribution in [3.63, 3.8) is 0 Å². The monoisotopic (exact) mass is 224 g/mol. The van der Waals surface area contributed by atoms with E-state index in [1.54, 1.807) is 0 Å². The summed E-state index contributed by atoms with van der Waals surface area (Å²) in [4.78, 5) is 0. The van der Waals surface area contributed by atoms with E-state index in [-0.39, 0.29) is 0 Å². The van der Waals surface area contributed by atoms with E-state index >= 15 is 0 Å². The molecule has 2 aliphatic rings. The van der Waals surface area contributed by atoms with Gasteiger partial charge in [0, 0.05) is 6.10 Å². The summed E-state index contributed by atoms with van der Waals surface area (Å²) in [6, 6.07) is 2.58. The zero-order valence-corrected chi connectivity index (χ0v) is 11.4. The summed E-state index contributed by atoms with van der Waals surface area (Å²) in [6.07, 6.45) is 8.16. The fourth-order valence-corrected chi connectivity index (χ4v) is 5.02. The Labute approximate surface area is 95.6 Å². The summed E-state index contributed by atoms with van der Waals surface area (Å²) >= 11 is 0. The van der Waals surface area contributed by atoms with Crippen molar-refractivity contribution in [2.24, 2.45) is 17.8 Å². The van der Waals surface area contributed by atoms with Gasteiger partial charge in [0.15, 0.2) is 9.04 Å². The second-order valence-electron chi connectivity index (χ2n) is 5.22. The van der Waals surface area contributed by atoms with Crippen LogP contribution in [0.25, 0.3) is 0 Å². The SMILES string of the molecule is CC[SiH](CC)OC(C)C1CC2C=CC1C2. The van der Waals surface area contributed by atoms with Crippen LogP contribution in [0.3, 0.4) is 0 Å². The second kappa shape index (κ2) is 4.83. The molecule has 86 valence electrons. The highest BCUT2D eigenvalue weighted by atomic mass is 28.3. The van der Waals surface area contributed by atoms with Crippen molar-refractivity contribution in [3.8, 4) is 0 Å². The summed E-state index contributed by atoms with van der Waals surface area (Å²) < 4.78 is 6.29. The van der Waals surface area contributed by atoms with Crippen LogP contribution in [0.4, 0.5) is 0 Å². The lowest BCUT2D eigenvalue weighted by atomic mass is 9.89. The molecule has 0 radical (unpaired) electrons. The van der Waals surface area contributed by atoms with Crippen LogP contribution in [0.1, 0.15) is 33.6 Å². The van der Waals surface area contributed by atoms with E-state index in [0.29, 0.717) is 6.10 Å². The minimum Gasteiger partial charge on any atom is -0.417 e. The molecule has 0 aromatic carbocycles. The predicted octanol–water partition coefficient (Wildman–Crippen LogP) is 3.37. The van der Waals surface area contributed by atoms with Crippen LogP contribution >= 0.6 is 0 Å². The molecule has 2 aliphatic carbocycles. The zero-order valence-electron chi connectivity index (χ0n) is 10.3. The largest absolute Gasteiger partial charge is 0.417 e. The molecule has 4 unspecified atom stereocenters. The Bertz CT molecular complexity index is 235. The zero-order chi connectivity index (χ0) is 10.8. The molecule has 0 amide bonds. The molecule has 4 atom stereocenters. The molecule has 0 N–H and O–H groups in total. The van der Waals surface area contributed by atoms with E-state index in [9.17, 15) is 0 Å². The maximum atomic E-state index is 6.29. The van der Waals surface area contributed by atoms with E-state index in [0.717, 1.165) is 17.8 Å². The summed E-state index contributed by atoms with van der Waals surface area (Å²) in [7, 11) is -0.854. The quantitative estimate of drug-likeness (QED) is 0.514. The Morgan fingerprint density at radius 3 is 2.47 bits per heavy atom. The fourth-order valence-electron chi connectivity index (χ4n) is 3.25. The van der Waals surface area contributed by atoms with Gasteiger partial charge in [0.2, 0.25) is 0 Å². The Hall–Kier alpha value is -0.0831. The highest BCUT2D eigenvalue weighted by Gasteiger charge is 2.39. The molecule has 2 rings (SSSR count).